The van der Waals surface area contributed by atoms with Crippen LogP contribution in [-0.2, 0) is 4.74 Å². The smallest absolute Gasteiger partial charge is 0.147 e. The van der Waals surface area contributed by atoms with Gasteiger partial charge in [0.15, 0.2) is 0 Å². The van der Waals surface area contributed by atoms with E-state index in [9.17, 15) is 0 Å². The van der Waals surface area contributed by atoms with Crippen molar-refractivity contribution in [1.29, 1.82) is 0 Å². The van der Waals surface area contributed by atoms with Crippen molar-refractivity contribution in [3.05, 3.63) is 48.9 Å². The molecular formula is C21H22N6O2. The highest BCUT2D eigenvalue weighted by Gasteiger charge is 2.28. The van der Waals surface area contributed by atoms with Crippen LogP contribution in [0.2, 0.25) is 0 Å². The molecule has 1 fully saturated rings. The van der Waals surface area contributed by atoms with Gasteiger partial charge in [-0.3, -0.25) is 0 Å². The van der Waals surface area contributed by atoms with Gasteiger partial charge in [0.1, 0.15) is 42.2 Å². The molecule has 1 saturated heterocycles. The third-order valence-corrected chi connectivity index (χ3v) is 5.29. The quantitative estimate of drug-likeness (QED) is 0.539. The molecule has 2 unspecified atom stereocenters. The summed E-state index contributed by atoms with van der Waals surface area (Å²) in [7, 11) is 1.86. The lowest BCUT2D eigenvalue weighted by atomic mass is 10.2. The molecule has 5 rings (SSSR count). The van der Waals surface area contributed by atoms with E-state index in [0.717, 1.165) is 46.3 Å². The lowest BCUT2D eigenvalue weighted by Crippen LogP contribution is -2.18. The van der Waals surface area contributed by atoms with Crippen molar-refractivity contribution in [2.24, 2.45) is 0 Å². The summed E-state index contributed by atoms with van der Waals surface area (Å²) in [4.78, 5) is 13.0. The maximum absolute atomic E-state index is 6.21. The first-order valence-electron chi connectivity index (χ1n) is 9.65. The van der Waals surface area contributed by atoms with Gasteiger partial charge in [0.05, 0.1) is 17.0 Å². The van der Waals surface area contributed by atoms with Crippen LogP contribution in [0.4, 0.5) is 11.6 Å². The van der Waals surface area contributed by atoms with Crippen molar-refractivity contribution in [3.63, 3.8) is 0 Å². The summed E-state index contributed by atoms with van der Waals surface area (Å²) in [6, 6.07) is 11.9. The summed E-state index contributed by atoms with van der Waals surface area (Å²) >= 11 is 0. The predicted molar refractivity (Wildman–Crippen MR) is 112 cm³/mol. The molecule has 1 aliphatic rings. The average Bonchev–Trinajstić information content (AvgIpc) is 3.39. The number of benzene rings is 1. The van der Waals surface area contributed by atoms with E-state index in [4.69, 9.17) is 15.2 Å². The first kappa shape index (κ1) is 17.7. The number of nitrogens with one attached hydrogen (secondary N) is 1. The fraction of sp³-hybridized carbons (Fsp3) is 0.286. The number of anilines is 2. The Kier molecular flexibility index (Phi) is 4.40. The lowest BCUT2D eigenvalue weighted by Gasteiger charge is -2.16. The molecule has 3 N–H and O–H groups in total. The summed E-state index contributed by atoms with van der Waals surface area (Å²) in [6.45, 7) is 0.490. The summed E-state index contributed by atoms with van der Waals surface area (Å²) < 4.78 is 14.2. The molecule has 0 amide bonds. The van der Waals surface area contributed by atoms with Crippen LogP contribution in [-0.4, -0.2) is 39.3 Å². The molecule has 2 atom stereocenters. The number of hydrogen-bond acceptors (Lipinski definition) is 7. The Morgan fingerprint density at radius 3 is 3.00 bits per heavy atom. The van der Waals surface area contributed by atoms with Crippen molar-refractivity contribution in [2.45, 2.75) is 25.2 Å². The predicted octanol–water partition coefficient (Wildman–Crippen LogP) is 3.36. The molecule has 4 aromatic rings. The largest absolute Gasteiger partial charge is 0.491 e. The zero-order valence-electron chi connectivity index (χ0n) is 16.1. The second kappa shape index (κ2) is 7.21. The topological polar surface area (TPSA) is 100 Å². The number of nitrogens with zero attached hydrogens (tertiary/aromatic N) is 4. The minimum Gasteiger partial charge on any atom is -0.491 e. The molecule has 1 aromatic carbocycles. The second-order valence-electron chi connectivity index (χ2n) is 7.12. The minimum atomic E-state index is -0.0770. The van der Waals surface area contributed by atoms with E-state index in [-0.39, 0.29) is 12.3 Å². The molecule has 0 spiro atoms. The second-order valence-corrected chi connectivity index (χ2v) is 7.12. The van der Waals surface area contributed by atoms with Gasteiger partial charge < -0.3 is 25.1 Å². The SMILES string of the molecule is CNc1ccc2ccc(OCC3CCC(n4ccc5c(N)ncnc54)O3)cc2n1. The Balaban J connectivity index is 1.26. The fourth-order valence-electron chi connectivity index (χ4n) is 3.75. The highest BCUT2D eigenvalue weighted by Crippen LogP contribution is 2.32. The highest BCUT2D eigenvalue weighted by molar-refractivity contribution is 5.86. The van der Waals surface area contributed by atoms with Crippen LogP contribution >= 0.6 is 0 Å². The van der Waals surface area contributed by atoms with Crippen LogP contribution in [0.15, 0.2) is 48.9 Å². The first-order valence-corrected chi connectivity index (χ1v) is 9.65. The number of pyridine rings is 1. The van der Waals surface area contributed by atoms with Gasteiger partial charge in [-0.1, -0.05) is 0 Å². The van der Waals surface area contributed by atoms with Crippen LogP contribution in [0, 0.1) is 0 Å². The summed E-state index contributed by atoms with van der Waals surface area (Å²) in [5.74, 6) is 2.11. The maximum Gasteiger partial charge on any atom is 0.147 e. The van der Waals surface area contributed by atoms with E-state index in [1.807, 2.05) is 54.2 Å². The van der Waals surface area contributed by atoms with E-state index < -0.39 is 0 Å². The highest BCUT2D eigenvalue weighted by atomic mass is 16.6. The van der Waals surface area contributed by atoms with Crippen LogP contribution in [0.5, 0.6) is 5.75 Å². The molecule has 8 nitrogen and oxygen atoms in total. The Labute approximate surface area is 167 Å². The number of rotatable bonds is 5. The van der Waals surface area contributed by atoms with Gasteiger partial charge in [0, 0.05) is 24.7 Å². The van der Waals surface area contributed by atoms with E-state index >= 15 is 0 Å². The molecule has 29 heavy (non-hydrogen) atoms. The molecular weight excluding hydrogens is 368 g/mol. The van der Waals surface area contributed by atoms with Crippen molar-refractivity contribution in [2.75, 3.05) is 24.7 Å². The molecule has 0 bridgehead atoms. The number of nitrogens with two attached hydrogens (primary N) is 1. The molecule has 0 radical (unpaired) electrons. The van der Waals surface area contributed by atoms with Gasteiger partial charge in [-0.15, -0.1) is 0 Å². The molecule has 148 valence electrons. The van der Waals surface area contributed by atoms with Crippen molar-refractivity contribution >= 4 is 33.6 Å². The third kappa shape index (κ3) is 3.31. The Bertz CT molecular complexity index is 1170. The van der Waals surface area contributed by atoms with Crippen LogP contribution in [0.25, 0.3) is 21.9 Å². The van der Waals surface area contributed by atoms with E-state index in [1.54, 1.807) is 0 Å². The van der Waals surface area contributed by atoms with Crippen LogP contribution in [0.1, 0.15) is 19.1 Å². The molecule has 8 heteroatoms. The molecule has 1 aliphatic heterocycles. The van der Waals surface area contributed by atoms with Crippen LogP contribution < -0.4 is 15.8 Å². The average molecular weight is 390 g/mol. The number of hydrogen-bond donors (Lipinski definition) is 2. The van der Waals surface area contributed by atoms with Gasteiger partial charge in [-0.2, -0.15) is 0 Å². The summed E-state index contributed by atoms with van der Waals surface area (Å²) in [6.07, 6.45) is 5.19. The number of nitrogen functional groups attached to an aromatic ring is 1. The lowest BCUT2D eigenvalue weighted by molar-refractivity contribution is -0.0156. The maximum atomic E-state index is 6.21. The Hall–Kier alpha value is -3.39. The minimum absolute atomic E-state index is 0.0175. The Morgan fingerprint density at radius 2 is 2.10 bits per heavy atom. The molecule has 4 heterocycles. The van der Waals surface area contributed by atoms with Gasteiger partial charge in [0.2, 0.25) is 0 Å². The van der Waals surface area contributed by atoms with Gasteiger partial charge in [-0.05, 0) is 43.2 Å². The monoisotopic (exact) mass is 390 g/mol. The summed E-state index contributed by atoms with van der Waals surface area (Å²) in [5, 5.41) is 4.98. The van der Waals surface area contributed by atoms with E-state index in [0.29, 0.717) is 12.4 Å². The van der Waals surface area contributed by atoms with Crippen molar-refractivity contribution in [3.8, 4) is 5.75 Å². The normalized spacial score (nSPS) is 19.1. The molecule has 0 saturated carbocycles. The van der Waals surface area contributed by atoms with Crippen LogP contribution in [0.3, 0.4) is 0 Å². The van der Waals surface area contributed by atoms with Gasteiger partial charge in [0.25, 0.3) is 0 Å². The fourth-order valence-corrected chi connectivity index (χ4v) is 3.75. The van der Waals surface area contributed by atoms with E-state index in [1.165, 1.54) is 6.33 Å². The summed E-state index contributed by atoms with van der Waals surface area (Å²) in [5.41, 5.74) is 7.63. The number of ether oxygens (including phenoxy) is 2. The zero-order chi connectivity index (χ0) is 19.8. The van der Waals surface area contributed by atoms with Gasteiger partial charge >= 0.3 is 0 Å². The van der Waals surface area contributed by atoms with Gasteiger partial charge in [-0.25, -0.2) is 15.0 Å². The first-order chi connectivity index (χ1) is 14.2. The molecule has 3 aromatic heterocycles. The van der Waals surface area contributed by atoms with Crippen molar-refractivity contribution < 1.29 is 9.47 Å². The van der Waals surface area contributed by atoms with Crippen molar-refractivity contribution in [1.82, 2.24) is 19.5 Å². The third-order valence-electron chi connectivity index (χ3n) is 5.29. The number of aromatic nitrogens is 4. The Morgan fingerprint density at radius 1 is 1.21 bits per heavy atom. The standard InChI is InChI=1S/C21H22N6O2/c1-23-18-6-3-13-2-4-14(10-17(13)26-18)28-11-15-5-7-19(29-15)27-9-8-16-20(22)24-12-25-21(16)27/h2-4,6,8-10,12,15,19H,5,7,11H2,1H3,(H,23,26)(H2,22,24,25). The molecule has 0 aliphatic carbocycles. The zero-order valence-corrected chi connectivity index (χ0v) is 16.1. The number of fused-ring (bicyclic) bond motifs is 2. The van der Waals surface area contributed by atoms with E-state index in [2.05, 4.69) is 20.3 Å².